The Bertz CT molecular complexity index is 3310. The van der Waals surface area contributed by atoms with Crippen molar-refractivity contribution in [3.05, 3.63) is 222 Å². The summed E-state index contributed by atoms with van der Waals surface area (Å²) in [6.07, 6.45) is 8.24. The van der Waals surface area contributed by atoms with Crippen molar-refractivity contribution in [3.8, 4) is 22.3 Å². The zero-order valence-corrected chi connectivity index (χ0v) is 32.6. The first-order valence-corrected chi connectivity index (χ1v) is 20.6. The van der Waals surface area contributed by atoms with Crippen LogP contribution in [0.2, 0.25) is 0 Å². The van der Waals surface area contributed by atoms with Crippen molar-refractivity contribution in [3.63, 3.8) is 0 Å². The van der Waals surface area contributed by atoms with Gasteiger partial charge in [0.1, 0.15) is 22.4 Å². The summed E-state index contributed by atoms with van der Waals surface area (Å²) in [6.45, 7) is 2.30. The van der Waals surface area contributed by atoms with Gasteiger partial charge in [-0.1, -0.05) is 165 Å². The molecular formula is C56H39NO2. The van der Waals surface area contributed by atoms with Crippen LogP contribution in [-0.4, -0.2) is 0 Å². The van der Waals surface area contributed by atoms with E-state index in [9.17, 15) is 0 Å². The summed E-state index contributed by atoms with van der Waals surface area (Å²) < 4.78 is 13.7. The van der Waals surface area contributed by atoms with Gasteiger partial charge >= 0.3 is 0 Å². The fourth-order valence-corrected chi connectivity index (χ4v) is 9.98. The summed E-state index contributed by atoms with van der Waals surface area (Å²) in [5.41, 5.74) is 15.8. The summed E-state index contributed by atoms with van der Waals surface area (Å²) in [4.78, 5) is 2.41. The minimum absolute atomic E-state index is 0.486. The molecule has 0 bridgehead atoms. The second-order valence-corrected chi connectivity index (χ2v) is 16.0. The lowest BCUT2D eigenvalue weighted by atomic mass is 9.66. The van der Waals surface area contributed by atoms with E-state index < -0.39 is 5.41 Å². The largest absolute Gasteiger partial charge is 0.456 e. The van der Waals surface area contributed by atoms with E-state index in [1.165, 1.54) is 39.0 Å². The molecule has 3 heteroatoms. The number of furan rings is 2. The first-order chi connectivity index (χ1) is 29.2. The molecule has 2 heterocycles. The number of benzene rings is 8. The molecule has 2 aromatic heterocycles. The Kier molecular flexibility index (Phi) is 7.49. The summed E-state index contributed by atoms with van der Waals surface area (Å²) in [5, 5.41) is 4.14. The Hall–Kier alpha value is -7.36. The van der Waals surface area contributed by atoms with Crippen LogP contribution in [0.25, 0.3) is 66.1 Å². The molecule has 280 valence electrons. The molecule has 0 fully saturated rings. The van der Waals surface area contributed by atoms with Gasteiger partial charge in [-0.15, -0.1) is 0 Å². The lowest BCUT2D eigenvalue weighted by Gasteiger charge is -2.37. The molecule has 0 amide bonds. The van der Waals surface area contributed by atoms with Gasteiger partial charge in [-0.25, -0.2) is 0 Å². The molecule has 2 unspecified atom stereocenters. The Morgan fingerprint density at radius 2 is 1.17 bits per heavy atom. The molecule has 2 atom stereocenters. The second-order valence-electron chi connectivity index (χ2n) is 16.0. The Morgan fingerprint density at radius 1 is 0.525 bits per heavy atom. The molecule has 12 rings (SSSR count). The molecule has 0 saturated carbocycles. The van der Waals surface area contributed by atoms with Crippen molar-refractivity contribution in [1.82, 2.24) is 0 Å². The lowest BCUT2D eigenvalue weighted by molar-refractivity contribution is 0.664. The fraction of sp³-hybridized carbons (Fsp3) is 0.0714. The van der Waals surface area contributed by atoms with Crippen molar-refractivity contribution in [2.24, 2.45) is 5.92 Å². The number of anilines is 3. The maximum Gasteiger partial charge on any atom is 0.160 e. The van der Waals surface area contributed by atoms with Crippen LogP contribution < -0.4 is 4.90 Å². The third-order valence-corrected chi connectivity index (χ3v) is 12.7. The topological polar surface area (TPSA) is 29.5 Å². The average Bonchev–Trinajstić information content (AvgIpc) is 3.96. The highest BCUT2D eigenvalue weighted by Crippen LogP contribution is 2.59. The van der Waals surface area contributed by atoms with Crippen molar-refractivity contribution in [2.45, 2.75) is 18.8 Å². The van der Waals surface area contributed by atoms with Gasteiger partial charge in [-0.05, 0) is 99.3 Å². The molecule has 3 nitrogen and oxygen atoms in total. The summed E-state index contributed by atoms with van der Waals surface area (Å²) in [5.74, 6) is 0.486. The van der Waals surface area contributed by atoms with Gasteiger partial charge in [0.25, 0.3) is 0 Å². The zero-order valence-electron chi connectivity index (χ0n) is 32.6. The van der Waals surface area contributed by atoms with Gasteiger partial charge in [0, 0.05) is 27.5 Å². The number of hydrogen-bond acceptors (Lipinski definition) is 3. The van der Waals surface area contributed by atoms with Crippen molar-refractivity contribution in [1.29, 1.82) is 0 Å². The van der Waals surface area contributed by atoms with E-state index in [2.05, 4.69) is 200 Å². The number of nitrogens with zero attached hydrogens (tertiary/aromatic N) is 1. The van der Waals surface area contributed by atoms with Gasteiger partial charge in [0.05, 0.1) is 10.8 Å². The van der Waals surface area contributed by atoms with Gasteiger partial charge in [-0.2, -0.15) is 0 Å². The molecule has 0 radical (unpaired) electrons. The van der Waals surface area contributed by atoms with E-state index >= 15 is 0 Å². The van der Waals surface area contributed by atoms with Gasteiger partial charge < -0.3 is 13.7 Å². The molecule has 59 heavy (non-hydrogen) atoms. The highest BCUT2D eigenvalue weighted by molar-refractivity contribution is 6.24. The van der Waals surface area contributed by atoms with Crippen molar-refractivity contribution in [2.75, 3.05) is 4.90 Å². The predicted octanol–water partition coefficient (Wildman–Crippen LogP) is 15.5. The molecule has 2 aliphatic rings. The molecule has 0 spiro atoms. The standard InChI is InChI=1S/C56H39NO2/c1-36-24-28-40(29-25-36)56(39-16-6-3-7-17-39)48-21-11-8-18-43(48)44-33-32-42(34-49(44)56)57(41-30-26-38(27-31-41)37-14-4-2-5-15-37)54-53-46-20-10-13-23-51(46)58-52(53)35-47-45-19-9-12-22-50(45)59-55(47)54/h2-24,26-36H,25H2,1H3. The van der Waals surface area contributed by atoms with Crippen LogP contribution >= 0.6 is 0 Å². The summed E-state index contributed by atoms with van der Waals surface area (Å²) in [6, 6.07) is 65.6. The minimum Gasteiger partial charge on any atom is -0.456 e. The van der Waals surface area contributed by atoms with Crippen LogP contribution in [0.3, 0.4) is 0 Å². The normalized spacial score (nSPS) is 17.1. The maximum absolute atomic E-state index is 6.98. The Balaban J connectivity index is 1.19. The lowest BCUT2D eigenvalue weighted by Crippen LogP contribution is -2.30. The van der Waals surface area contributed by atoms with Crippen LogP contribution in [0.5, 0.6) is 0 Å². The molecule has 0 saturated heterocycles. The van der Waals surface area contributed by atoms with Crippen molar-refractivity contribution < 1.29 is 8.83 Å². The third kappa shape index (κ3) is 5.01. The van der Waals surface area contributed by atoms with E-state index in [4.69, 9.17) is 8.83 Å². The van der Waals surface area contributed by atoms with E-state index in [0.717, 1.165) is 72.9 Å². The first-order valence-electron chi connectivity index (χ1n) is 20.6. The smallest absolute Gasteiger partial charge is 0.160 e. The maximum atomic E-state index is 6.98. The molecule has 8 aromatic carbocycles. The predicted molar refractivity (Wildman–Crippen MR) is 244 cm³/mol. The fourth-order valence-electron chi connectivity index (χ4n) is 9.98. The molecule has 2 aliphatic carbocycles. The highest BCUT2D eigenvalue weighted by atomic mass is 16.3. The molecular weight excluding hydrogens is 719 g/mol. The van der Waals surface area contributed by atoms with Gasteiger partial charge in [-0.3, -0.25) is 0 Å². The molecule has 10 aromatic rings. The van der Waals surface area contributed by atoms with E-state index in [-0.39, 0.29) is 0 Å². The van der Waals surface area contributed by atoms with Gasteiger partial charge in [0.2, 0.25) is 0 Å². The van der Waals surface area contributed by atoms with Crippen LogP contribution in [-0.2, 0) is 5.41 Å². The van der Waals surface area contributed by atoms with E-state index in [1.807, 2.05) is 12.1 Å². The Morgan fingerprint density at radius 3 is 1.95 bits per heavy atom. The quantitative estimate of drug-likeness (QED) is 0.169. The number of rotatable bonds is 6. The van der Waals surface area contributed by atoms with Crippen LogP contribution in [0.1, 0.15) is 30.0 Å². The Labute approximate surface area is 342 Å². The van der Waals surface area contributed by atoms with Gasteiger partial charge in [0.15, 0.2) is 5.58 Å². The van der Waals surface area contributed by atoms with Crippen molar-refractivity contribution >= 4 is 60.9 Å². The second kappa shape index (κ2) is 13.1. The van der Waals surface area contributed by atoms with Crippen LogP contribution in [0, 0.1) is 5.92 Å². The average molecular weight is 758 g/mol. The summed E-state index contributed by atoms with van der Waals surface area (Å²) >= 11 is 0. The molecule has 0 aliphatic heterocycles. The third-order valence-electron chi connectivity index (χ3n) is 12.7. The monoisotopic (exact) mass is 757 g/mol. The number of allylic oxidation sites excluding steroid dienone is 4. The van der Waals surface area contributed by atoms with Crippen LogP contribution in [0.15, 0.2) is 215 Å². The highest BCUT2D eigenvalue weighted by Gasteiger charge is 2.47. The molecule has 0 N–H and O–H groups in total. The van der Waals surface area contributed by atoms with Crippen LogP contribution in [0.4, 0.5) is 17.1 Å². The SMILES string of the molecule is CC1C=CC(C2(c3ccccc3)c3ccccc3-c3ccc(N(c4ccc(-c5ccccc5)cc4)c4c5oc6ccccc6c5cc5oc6ccccc6c45)cc32)=CC1. The number of para-hydroxylation sites is 2. The van der Waals surface area contributed by atoms with E-state index in [1.54, 1.807) is 0 Å². The number of hydrogen-bond donors (Lipinski definition) is 0. The van der Waals surface area contributed by atoms with E-state index in [0.29, 0.717) is 5.92 Å². The summed E-state index contributed by atoms with van der Waals surface area (Å²) in [7, 11) is 0. The minimum atomic E-state index is -0.522. The number of fused-ring (bicyclic) bond motifs is 9. The zero-order chi connectivity index (χ0) is 39.1. The first kappa shape index (κ1) is 33.7.